The topological polar surface area (TPSA) is 90.5 Å². The second kappa shape index (κ2) is 10.2. The number of aryl methyl sites for hydroxylation is 1. The summed E-state index contributed by atoms with van der Waals surface area (Å²) in [7, 11) is 0. The normalized spacial score (nSPS) is 18.1. The minimum absolute atomic E-state index is 0.0367. The standard InChI is InChI=1S/C26H30ClN7O/c1-3-4-5-18-6-8-19(9-7-18)26(35)31-23-14-17(2)32-34(23)25-22-15-30-33(24(22)28-16-29-25)21-12-10-20(27)11-13-21/h10-16,18-19H,3-9H2,1-2H3,(H,31,35). The number of carbonyl (C=O) groups is 1. The van der Waals surface area contributed by atoms with Crippen molar-refractivity contribution >= 4 is 34.4 Å². The Bertz CT molecular complexity index is 1320. The summed E-state index contributed by atoms with van der Waals surface area (Å²) >= 11 is 6.04. The maximum Gasteiger partial charge on any atom is 0.228 e. The van der Waals surface area contributed by atoms with E-state index < -0.39 is 0 Å². The largest absolute Gasteiger partial charge is 0.310 e. The number of aromatic nitrogens is 6. The third kappa shape index (κ3) is 4.93. The number of hydrogen-bond donors (Lipinski definition) is 1. The van der Waals surface area contributed by atoms with Crippen molar-refractivity contribution in [3.8, 4) is 11.5 Å². The molecular formula is C26H30ClN7O. The summed E-state index contributed by atoms with van der Waals surface area (Å²) in [6.07, 6.45) is 11.2. The van der Waals surface area contributed by atoms with Crippen molar-refractivity contribution in [3.05, 3.63) is 53.6 Å². The Hall–Kier alpha value is -3.26. The Kier molecular flexibility index (Phi) is 6.81. The number of anilines is 1. The number of carbonyl (C=O) groups excluding carboxylic acids is 1. The van der Waals surface area contributed by atoms with Crippen LogP contribution in [0.15, 0.2) is 42.9 Å². The van der Waals surface area contributed by atoms with Gasteiger partial charge >= 0.3 is 0 Å². The van der Waals surface area contributed by atoms with Crippen LogP contribution in [0.25, 0.3) is 22.5 Å². The minimum atomic E-state index is 0.0367. The van der Waals surface area contributed by atoms with E-state index in [4.69, 9.17) is 11.6 Å². The van der Waals surface area contributed by atoms with Crippen LogP contribution >= 0.6 is 11.6 Å². The molecule has 182 valence electrons. The van der Waals surface area contributed by atoms with Gasteiger partial charge in [0.25, 0.3) is 0 Å². The van der Waals surface area contributed by atoms with E-state index in [1.807, 2.05) is 37.3 Å². The van der Waals surface area contributed by atoms with Crippen LogP contribution in [-0.4, -0.2) is 35.4 Å². The number of benzene rings is 1. The fourth-order valence-electron chi connectivity index (χ4n) is 4.96. The number of fused-ring (bicyclic) bond motifs is 1. The molecule has 0 aliphatic heterocycles. The first kappa shape index (κ1) is 23.5. The molecule has 1 aliphatic rings. The van der Waals surface area contributed by atoms with Crippen LogP contribution in [0.2, 0.25) is 5.02 Å². The third-order valence-electron chi connectivity index (χ3n) is 6.88. The van der Waals surface area contributed by atoms with E-state index in [0.717, 1.165) is 48.4 Å². The third-order valence-corrected chi connectivity index (χ3v) is 7.13. The van der Waals surface area contributed by atoms with E-state index in [9.17, 15) is 4.79 Å². The van der Waals surface area contributed by atoms with Crippen LogP contribution in [0.5, 0.6) is 0 Å². The van der Waals surface area contributed by atoms with Crippen molar-refractivity contribution < 1.29 is 4.79 Å². The van der Waals surface area contributed by atoms with Gasteiger partial charge in [-0.25, -0.2) is 14.6 Å². The highest BCUT2D eigenvalue weighted by molar-refractivity contribution is 6.30. The highest BCUT2D eigenvalue weighted by Gasteiger charge is 2.27. The van der Waals surface area contributed by atoms with E-state index in [0.29, 0.717) is 22.3 Å². The molecule has 35 heavy (non-hydrogen) atoms. The molecule has 3 aromatic heterocycles. The van der Waals surface area contributed by atoms with Crippen molar-refractivity contribution in [2.75, 3.05) is 5.32 Å². The number of nitrogens with one attached hydrogen (secondary N) is 1. The molecule has 1 saturated carbocycles. The van der Waals surface area contributed by atoms with Crippen molar-refractivity contribution in [1.82, 2.24) is 29.5 Å². The number of unbranched alkanes of at least 4 members (excludes halogenated alkanes) is 1. The van der Waals surface area contributed by atoms with Gasteiger partial charge in [0.05, 0.1) is 23.0 Å². The van der Waals surface area contributed by atoms with Crippen LogP contribution < -0.4 is 5.32 Å². The van der Waals surface area contributed by atoms with Crippen LogP contribution in [0.1, 0.15) is 57.6 Å². The lowest BCUT2D eigenvalue weighted by Gasteiger charge is -2.27. The molecule has 0 radical (unpaired) electrons. The summed E-state index contributed by atoms with van der Waals surface area (Å²) in [6.45, 7) is 4.14. The number of amides is 1. The molecule has 8 nitrogen and oxygen atoms in total. The van der Waals surface area contributed by atoms with Gasteiger partial charge in [0.1, 0.15) is 12.1 Å². The molecular weight excluding hydrogens is 462 g/mol. The fourth-order valence-corrected chi connectivity index (χ4v) is 5.08. The predicted molar refractivity (Wildman–Crippen MR) is 137 cm³/mol. The number of halogens is 1. The summed E-state index contributed by atoms with van der Waals surface area (Å²) in [5.41, 5.74) is 2.28. The first-order valence-corrected chi connectivity index (χ1v) is 12.7. The summed E-state index contributed by atoms with van der Waals surface area (Å²) < 4.78 is 3.42. The molecule has 1 amide bonds. The molecule has 1 N–H and O–H groups in total. The smallest absolute Gasteiger partial charge is 0.228 e. The van der Waals surface area contributed by atoms with Crippen LogP contribution in [0.4, 0.5) is 5.82 Å². The number of hydrogen-bond acceptors (Lipinski definition) is 5. The molecule has 1 fully saturated rings. The Morgan fingerprint density at radius 2 is 1.89 bits per heavy atom. The maximum atomic E-state index is 13.1. The molecule has 5 rings (SSSR count). The Balaban J connectivity index is 1.39. The Morgan fingerprint density at radius 1 is 1.11 bits per heavy atom. The summed E-state index contributed by atoms with van der Waals surface area (Å²) in [5.74, 6) is 2.04. The van der Waals surface area contributed by atoms with Crippen LogP contribution in [0, 0.1) is 18.8 Å². The SMILES string of the molecule is CCCCC1CCC(C(=O)Nc2cc(C)nn2-c2ncnc3c2cnn3-c2ccc(Cl)cc2)CC1. The van der Waals surface area contributed by atoms with Crippen molar-refractivity contribution in [2.24, 2.45) is 11.8 Å². The average molecular weight is 492 g/mol. The van der Waals surface area contributed by atoms with Crippen molar-refractivity contribution in [3.63, 3.8) is 0 Å². The minimum Gasteiger partial charge on any atom is -0.310 e. The van der Waals surface area contributed by atoms with Gasteiger partial charge in [-0.05, 0) is 62.8 Å². The number of rotatable bonds is 7. The first-order chi connectivity index (χ1) is 17.0. The zero-order valence-electron chi connectivity index (χ0n) is 20.1. The Morgan fingerprint density at radius 3 is 2.63 bits per heavy atom. The molecule has 0 unspecified atom stereocenters. The van der Waals surface area contributed by atoms with Gasteiger partial charge in [0.2, 0.25) is 5.91 Å². The summed E-state index contributed by atoms with van der Waals surface area (Å²) in [4.78, 5) is 22.1. The summed E-state index contributed by atoms with van der Waals surface area (Å²) in [6, 6.07) is 9.28. The summed E-state index contributed by atoms with van der Waals surface area (Å²) in [5, 5.41) is 13.7. The molecule has 0 spiro atoms. The highest BCUT2D eigenvalue weighted by Crippen LogP contribution is 2.33. The average Bonchev–Trinajstić information content (AvgIpc) is 3.46. The van der Waals surface area contributed by atoms with E-state index >= 15 is 0 Å². The quantitative estimate of drug-likeness (QED) is 0.347. The van der Waals surface area contributed by atoms with Gasteiger partial charge in [-0.2, -0.15) is 14.9 Å². The number of nitrogens with zero attached hydrogens (tertiary/aromatic N) is 6. The van der Waals surface area contributed by atoms with Gasteiger partial charge in [-0.1, -0.05) is 37.8 Å². The highest BCUT2D eigenvalue weighted by atomic mass is 35.5. The molecule has 0 bridgehead atoms. The molecule has 0 saturated heterocycles. The van der Waals surface area contributed by atoms with E-state index in [1.165, 1.54) is 25.6 Å². The van der Waals surface area contributed by atoms with Gasteiger partial charge in [0.15, 0.2) is 11.5 Å². The van der Waals surface area contributed by atoms with E-state index in [-0.39, 0.29) is 11.8 Å². The van der Waals surface area contributed by atoms with Gasteiger partial charge in [-0.15, -0.1) is 0 Å². The monoisotopic (exact) mass is 491 g/mol. The first-order valence-electron chi connectivity index (χ1n) is 12.4. The lowest BCUT2D eigenvalue weighted by Crippen LogP contribution is -2.28. The van der Waals surface area contributed by atoms with E-state index in [1.54, 1.807) is 15.6 Å². The molecule has 4 aromatic rings. The molecule has 3 heterocycles. The molecule has 9 heteroatoms. The van der Waals surface area contributed by atoms with Gasteiger partial charge in [-0.3, -0.25) is 4.79 Å². The second-order valence-electron chi connectivity index (χ2n) is 9.40. The second-order valence-corrected chi connectivity index (χ2v) is 9.84. The zero-order chi connectivity index (χ0) is 24.4. The van der Waals surface area contributed by atoms with Gasteiger partial charge < -0.3 is 5.32 Å². The van der Waals surface area contributed by atoms with E-state index in [2.05, 4.69) is 32.4 Å². The molecule has 1 aromatic carbocycles. The van der Waals surface area contributed by atoms with Gasteiger partial charge in [0, 0.05) is 17.0 Å². The maximum absolute atomic E-state index is 13.1. The van der Waals surface area contributed by atoms with Crippen molar-refractivity contribution in [2.45, 2.75) is 58.8 Å². The lowest BCUT2D eigenvalue weighted by molar-refractivity contribution is -0.121. The zero-order valence-corrected chi connectivity index (χ0v) is 20.9. The molecule has 0 atom stereocenters. The lowest BCUT2D eigenvalue weighted by atomic mass is 9.79. The van der Waals surface area contributed by atoms with Crippen LogP contribution in [-0.2, 0) is 4.79 Å². The predicted octanol–water partition coefficient (Wildman–Crippen LogP) is 5.90. The Labute approximate surface area is 209 Å². The van der Waals surface area contributed by atoms with Crippen LogP contribution in [0.3, 0.4) is 0 Å². The fraction of sp³-hybridized carbons (Fsp3) is 0.423. The molecule has 1 aliphatic carbocycles. The van der Waals surface area contributed by atoms with Crippen molar-refractivity contribution in [1.29, 1.82) is 0 Å².